The Balaban J connectivity index is 1.61. The molecule has 0 aliphatic heterocycles. The van der Waals surface area contributed by atoms with Gasteiger partial charge in [-0.15, -0.1) is 0 Å². The van der Waals surface area contributed by atoms with Crippen molar-refractivity contribution in [3.63, 3.8) is 0 Å². The molecule has 0 fully saturated rings. The molecule has 0 spiro atoms. The molecule has 142 valence electrons. The highest BCUT2D eigenvalue weighted by atomic mass is 35.5. The van der Waals surface area contributed by atoms with Crippen molar-refractivity contribution in [3.8, 4) is 5.75 Å². The van der Waals surface area contributed by atoms with Crippen molar-refractivity contribution in [2.45, 2.75) is 26.6 Å². The average Bonchev–Trinajstić information content (AvgIpc) is 3.29. The van der Waals surface area contributed by atoms with Crippen LogP contribution in [0.2, 0.25) is 10.0 Å². The van der Waals surface area contributed by atoms with Gasteiger partial charge in [-0.25, -0.2) is 0 Å². The number of nitrogens with zero attached hydrogens (tertiary/aromatic N) is 3. The number of amides is 1. The lowest BCUT2D eigenvalue weighted by molar-refractivity contribution is 0.0745. The first-order valence-corrected chi connectivity index (χ1v) is 9.16. The number of furan rings is 1. The summed E-state index contributed by atoms with van der Waals surface area (Å²) >= 11 is 11.9. The van der Waals surface area contributed by atoms with Crippen LogP contribution < -0.4 is 4.74 Å². The Hall–Kier alpha value is -2.44. The van der Waals surface area contributed by atoms with E-state index in [1.165, 1.54) is 0 Å². The van der Waals surface area contributed by atoms with Crippen LogP contribution in [0.3, 0.4) is 0 Å². The third-order valence-electron chi connectivity index (χ3n) is 3.99. The van der Waals surface area contributed by atoms with Gasteiger partial charge in [0.1, 0.15) is 18.1 Å². The fourth-order valence-electron chi connectivity index (χ4n) is 2.59. The maximum absolute atomic E-state index is 12.6. The molecule has 0 unspecified atom stereocenters. The number of rotatable bonds is 7. The molecule has 0 atom stereocenters. The lowest BCUT2D eigenvalue weighted by Crippen LogP contribution is -2.27. The van der Waals surface area contributed by atoms with Crippen molar-refractivity contribution in [1.29, 1.82) is 0 Å². The van der Waals surface area contributed by atoms with Gasteiger partial charge in [-0.2, -0.15) is 5.10 Å². The number of aryl methyl sites for hydroxylation is 1. The number of halogens is 2. The summed E-state index contributed by atoms with van der Waals surface area (Å²) < 4.78 is 13.1. The Bertz CT molecular complexity index is 936. The van der Waals surface area contributed by atoms with E-state index < -0.39 is 0 Å². The number of benzene rings is 1. The van der Waals surface area contributed by atoms with Gasteiger partial charge in [0.15, 0.2) is 5.76 Å². The van der Waals surface area contributed by atoms with Gasteiger partial charge in [-0.1, -0.05) is 23.2 Å². The van der Waals surface area contributed by atoms with Gasteiger partial charge in [0.25, 0.3) is 5.91 Å². The molecular weight excluding hydrogens is 389 g/mol. The van der Waals surface area contributed by atoms with E-state index in [0.29, 0.717) is 28.1 Å². The van der Waals surface area contributed by atoms with Crippen molar-refractivity contribution < 1.29 is 13.9 Å². The molecule has 0 aliphatic rings. The molecule has 0 bridgehead atoms. The SMILES string of the molecule is CCn1nccc1CN(C)C(=O)c1ccc(COc2ccc(Cl)cc2Cl)o1. The first-order valence-electron chi connectivity index (χ1n) is 8.40. The first kappa shape index (κ1) is 19.3. The van der Waals surface area contributed by atoms with Gasteiger partial charge < -0.3 is 14.1 Å². The van der Waals surface area contributed by atoms with Gasteiger partial charge in [0.05, 0.1) is 17.3 Å². The Morgan fingerprint density at radius 2 is 2.07 bits per heavy atom. The highest BCUT2D eigenvalue weighted by molar-refractivity contribution is 6.35. The van der Waals surface area contributed by atoms with Gasteiger partial charge in [0.2, 0.25) is 0 Å². The summed E-state index contributed by atoms with van der Waals surface area (Å²) in [5, 5.41) is 5.16. The summed E-state index contributed by atoms with van der Waals surface area (Å²) in [6.45, 7) is 3.35. The standard InChI is InChI=1S/C19H19Cl2N3O3/c1-3-24-14(8-9-22-24)11-23(2)19(25)18-7-5-15(27-18)12-26-17-6-4-13(20)10-16(17)21/h4-10H,3,11-12H2,1-2H3. The van der Waals surface area contributed by atoms with Crippen molar-refractivity contribution in [3.05, 3.63) is 69.9 Å². The maximum Gasteiger partial charge on any atom is 0.289 e. The highest BCUT2D eigenvalue weighted by Crippen LogP contribution is 2.28. The molecule has 3 aromatic rings. The summed E-state index contributed by atoms with van der Waals surface area (Å²) in [6, 6.07) is 10.2. The van der Waals surface area contributed by atoms with Crippen LogP contribution in [0.15, 0.2) is 47.0 Å². The number of aromatic nitrogens is 2. The van der Waals surface area contributed by atoms with Crippen LogP contribution in [0.5, 0.6) is 5.75 Å². The summed E-state index contributed by atoms with van der Waals surface area (Å²) in [4.78, 5) is 14.2. The zero-order valence-electron chi connectivity index (χ0n) is 15.0. The topological polar surface area (TPSA) is 60.5 Å². The van der Waals surface area contributed by atoms with E-state index in [4.69, 9.17) is 32.4 Å². The number of hydrogen-bond donors (Lipinski definition) is 0. The molecular formula is C19H19Cl2N3O3. The van der Waals surface area contributed by atoms with Crippen LogP contribution >= 0.6 is 23.2 Å². The molecule has 0 aliphatic carbocycles. The fraction of sp³-hybridized carbons (Fsp3) is 0.263. The normalized spacial score (nSPS) is 10.8. The lowest BCUT2D eigenvalue weighted by atomic mass is 10.3. The van der Waals surface area contributed by atoms with Crippen LogP contribution in [0.25, 0.3) is 0 Å². The summed E-state index contributed by atoms with van der Waals surface area (Å²) in [6.07, 6.45) is 1.72. The molecule has 0 saturated heterocycles. The zero-order chi connectivity index (χ0) is 19.4. The third kappa shape index (κ3) is 4.64. The van der Waals surface area contributed by atoms with Gasteiger partial charge in [0, 0.05) is 24.8 Å². The summed E-state index contributed by atoms with van der Waals surface area (Å²) in [7, 11) is 1.72. The fourth-order valence-corrected chi connectivity index (χ4v) is 3.06. The van der Waals surface area contributed by atoms with Crippen LogP contribution in [0.1, 0.15) is 28.9 Å². The molecule has 1 aromatic carbocycles. The molecule has 0 N–H and O–H groups in total. The third-order valence-corrected chi connectivity index (χ3v) is 4.52. The van der Waals surface area contributed by atoms with E-state index in [2.05, 4.69) is 5.10 Å². The second-order valence-corrected chi connectivity index (χ2v) is 6.77. The predicted octanol–water partition coefficient (Wildman–Crippen LogP) is 4.65. The second kappa shape index (κ2) is 8.50. The molecule has 6 nitrogen and oxygen atoms in total. The molecule has 2 heterocycles. The van der Waals surface area contributed by atoms with Gasteiger partial charge in [-0.05, 0) is 43.3 Å². The number of ether oxygens (including phenoxy) is 1. The van der Waals surface area contributed by atoms with E-state index in [0.717, 1.165) is 12.2 Å². The smallest absolute Gasteiger partial charge is 0.289 e. The molecule has 1 amide bonds. The molecule has 2 aromatic heterocycles. The molecule has 0 radical (unpaired) electrons. The van der Waals surface area contributed by atoms with Gasteiger partial charge >= 0.3 is 0 Å². The lowest BCUT2D eigenvalue weighted by Gasteiger charge is -2.16. The van der Waals surface area contributed by atoms with E-state index in [1.807, 2.05) is 17.7 Å². The highest BCUT2D eigenvalue weighted by Gasteiger charge is 2.18. The Labute approximate surface area is 167 Å². The largest absolute Gasteiger partial charge is 0.484 e. The van der Waals surface area contributed by atoms with Crippen LogP contribution in [0, 0.1) is 0 Å². The van der Waals surface area contributed by atoms with Crippen molar-refractivity contribution in [1.82, 2.24) is 14.7 Å². The summed E-state index contributed by atoms with van der Waals surface area (Å²) in [5.74, 6) is 1.06. The molecule has 27 heavy (non-hydrogen) atoms. The van der Waals surface area contributed by atoms with E-state index in [9.17, 15) is 4.79 Å². The van der Waals surface area contributed by atoms with E-state index in [-0.39, 0.29) is 18.3 Å². The zero-order valence-corrected chi connectivity index (χ0v) is 16.5. The number of carbonyl (C=O) groups is 1. The minimum Gasteiger partial charge on any atom is -0.484 e. The van der Waals surface area contributed by atoms with Crippen LogP contribution in [-0.4, -0.2) is 27.6 Å². The average molecular weight is 408 g/mol. The Kier molecular flexibility index (Phi) is 6.08. The molecule has 0 saturated carbocycles. The monoisotopic (exact) mass is 407 g/mol. The first-order chi connectivity index (χ1) is 13.0. The minimum atomic E-state index is -0.213. The van der Waals surface area contributed by atoms with E-state index in [1.54, 1.807) is 48.5 Å². The van der Waals surface area contributed by atoms with Crippen LogP contribution in [0.4, 0.5) is 0 Å². The maximum atomic E-state index is 12.6. The van der Waals surface area contributed by atoms with Crippen molar-refractivity contribution in [2.75, 3.05) is 7.05 Å². The van der Waals surface area contributed by atoms with Crippen molar-refractivity contribution in [2.24, 2.45) is 0 Å². The van der Waals surface area contributed by atoms with Gasteiger partial charge in [-0.3, -0.25) is 9.48 Å². The second-order valence-electron chi connectivity index (χ2n) is 5.93. The molecule has 3 rings (SSSR count). The van der Waals surface area contributed by atoms with Crippen LogP contribution in [-0.2, 0) is 19.7 Å². The quantitative estimate of drug-likeness (QED) is 0.571. The molecule has 8 heteroatoms. The van der Waals surface area contributed by atoms with E-state index >= 15 is 0 Å². The Morgan fingerprint density at radius 3 is 2.81 bits per heavy atom. The minimum absolute atomic E-state index is 0.154. The summed E-state index contributed by atoms with van der Waals surface area (Å²) in [5.41, 5.74) is 0.959. The Morgan fingerprint density at radius 1 is 1.26 bits per heavy atom. The van der Waals surface area contributed by atoms with Crippen molar-refractivity contribution >= 4 is 29.1 Å². The number of carbonyl (C=O) groups excluding carboxylic acids is 1. The predicted molar refractivity (Wildman–Crippen MR) is 103 cm³/mol. The number of hydrogen-bond acceptors (Lipinski definition) is 4.